The lowest BCUT2D eigenvalue weighted by atomic mass is 9.85. The summed E-state index contributed by atoms with van der Waals surface area (Å²) in [7, 11) is 0. The molecule has 0 bridgehead atoms. The molecule has 15 heteroatoms. The molecule has 0 N–H and O–H groups in total. The highest BCUT2D eigenvalue weighted by atomic mass is 16.6. The van der Waals surface area contributed by atoms with E-state index in [1.54, 1.807) is 36.4 Å². The van der Waals surface area contributed by atoms with Crippen molar-refractivity contribution < 1.29 is 71.4 Å². The topological polar surface area (TPSA) is 185 Å². The zero-order chi connectivity index (χ0) is 45.1. The molecule has 0 aromatic heterocycles. The Morgan fingerprint density at radius 3 is 0.820 bits per heavy atom. The minimum atomic E-state index is -0.860. The Balaban J connectivity index is 1.86. The predicted octanol–water partition coefficient (Wildman–Crippen LogP) is 6.16. The summed E-state index contributed by atoms with van der Waals surface area (Å²) < 4.78 is 49.1. The van der Waals surface area contributed by atoms with Gasteiger partial charge in [0.2, 0.25) is 0 Å². The number of carbonyl (C=O) groups is 6. The molecule has 3 aromatic carbocycles. The molecule has 0 aliphatic carbocycles. The van der Waals surface area contributed by atoms with Crippen molar-refractivity contribution in [3.8, 4) is 17.2 Å². The first-order valence-corrected chi connectivity index (χ1v) is 19.1. The first-order chi connectivity index (χ1) is 28.9. The second-order valence-corrected chi connectivity index (χ2v) is 13.9. The lowest BCUT2D eigenvalue weighted by Crippen LogP contribution is -2.30. The monoisotopic (exact) mass is 844 g/mol. The summed E-state index contributed by atoms with van der Waals surface area (Å²) in [5.74, 6) is -2.49. The van der Waals surface area contributed by atoms with Gasteiger partial charge in [0.15, 0.2) is 18.3 Å². The molecule has 0 fully saturated rings. The zero-order valence-corrected chi connectivity index (χ0v) is 35.2. The summed E-state index contributed by atoms with van der Waals surface area (Å²) in [5, 5.41) is 0. The molecule has 0 spiro atoms. The summed E-state index contributed by atoms with van der Waals surface area (Å²) in [4.78, 5) is 70.8. The highest BCUT2D eigenvalue weighted by Crippen LogP contribution is 2.35. The highest BCUT2D eigenvalue weighted by Gasteiger charge is 2.22. The molecule has 0 aliphatic heterocycles. The lowest BCUT2D eigenvalue weighted by molar-refractivity contribution is -0.157. The molecule has 15 nitrogen and oxygen atoms in total. The number of ether oxygens (including phenoxy) is 9. The number of hydrogen-bond donors (Lipinski definition) is 0. The van der Waals surface area contributed by atoms with Crippen LogP contribution in [0.4, 0.5) is 0 Å². The first-order valence-electron chi connectivity index (χ1n) is 19.1. The van der Waals surface area contributed by atoms with E-state index >= 15 is 0 Å². The van der Waals surface area contributed by atoms with Gasteiger partial charge in [-0.1, -0.05) is 56.1 Å². The molecule has 3 aromatic rings. The summed E-state index contributed by atoms with van der Waals surface area (Å²) in [6, 6.07) is 21.8. The van der Waals surface area contributed by atoms with E-state index in [-0.39, 0.29) is 62.3 Å². The number of esters is 6. The van der Waals surface area contributed by atoms with Crippen LogP contribution in [0.1, 0.15) is 64.2 Å². The van der Waals surface area contributed by atoms with Crippen LogP contribution in [-0.4, -0.2) is 93.8 Å². The average molecular weight is 845 g/mol. The van der Waals surface area contributed by atoms with E-state index < -0.39 is 54.1 Å². The average Bonchev–Trinajstić information content (AvgIpc) is 3.21. The van der Waals surface area contributed by atoms with Crippen molar-refractivity contribution in [3.63, 3.8) is 0 Å². The maximum Gasteiger partial charge on any atom is 0.333 e. The van der Waals surface area contributed by atoms with Gasteiger partial charge in [0.1, 0.15) is 56.9 Å². The van der Waals surface area contributed by atoms with Gasteiger partial charge in [-0.3, -0.25) is 14.4 Å². The van der Waals surface area contributed by atoms with E-state index in [1.165, 1.54) is 41.5 Å². The minimum absolute atomic E-state index is 0.0853. The van der Waals surface area contributed by atoms with Crippen molar-refractivity contribution >= 4 is 35.8 Å². The quantitative estimate of drug-likeness (QED) is 0.0432. The Morgan fingerprint density at radius 2 is 0.623 bits per heavy atom. The minimum Gasteiger partial charge on any atom is -0.490 e. The van der Waals surface area contributed by atoms with Gasteiger partial charge in [0.25, 0.3) is 0 Å². The second-order valence-electron chi connectivity index (χ2n) is 13.9. The Bertz CT molecular complexity index is 1780. The van der Waals surface area contributed by atoms with Gasteiger partial charge in [-0.2, -0.15) is 0 Å². The zero-order valence-electron chi connectivity index (χ0n) is 35.2. The van der Waals surface area contributed by atoms with E-state index in [1.807, 2.05) is 36.4 Å². The van der Waals surface area contributed by atoms with E-state index in [0.29, 0.717) is 17.2 Å². The third kappa shape index (κ3) is 17.5. The standard InChI is InChI=1S/C46H52O15/c1-28(2)44(50)56-25-40(59-31(7)47)22-53-37-16-10-34(11-17-37)43(35-12-18-38(19-13-35)54-23-41(60-32(8)48)26-57-45(51)29(3)4)36-14-20-39(21-15-36)55-24-42(61-33(9)49)27-58-46(52)30(5)6/h10-21,40-43H,1,3,5,22-27H2,2,4,6-9H3. The van der Waals surface area contributed by atoms with Gasteiger partial charge in [-0.15, -0.1) is 0 Å². The molecule has 3 rings (SSSR count). The third-order valence-corrected chi connectivity index (χ3v) is 8.19. The van der Waals surface area contributed by atoms with Gasteiger partial charge >= 0.3 is 35.8 Å². The van der Waals surface area contributed by atoms with Crippen LogP contribution >= 0.6 is 0 Å². The molecule has 0 radical (unpaired) electrons. The van der Waals surface area contributed by atoms with Gasteiger partial charge in [0.05, 0.1) is 0 Å². The predicted molar refractivity (Wildman–Crippen MR) is 221 cm³/mol. The second kappa shape index (κ2) is 24.2. The fourth-order valence-corrected chi connectivity index (χ4v) is 5.34. The van der Waals surface area contributed by atoms with Crippen LogP contribution in [0.5, 0.6) is 17.2 Å². The Morgan fingerprint density at radius 1 is 0.393 bits per heavy atom. The molecule has 3 atom stereocenters. The SMILES string of the molecule is C=C(C)C(=O)OCC(COc1ccc(C(c2ccc(OCC(COC(=O)C(=C)C)OC(C)=O)cc2)c2ccc(OCC(COC(=O)C(=C)C)OC(C)=O)cc2)cc1)OC(C)=O. The molecule has 0 heterocycles. The molecule has 0 saturated heterocycles. The van der Waals surface area contributed by atoms with Crippen LogP contribution in [0.15, 0.2) is 109 Å². The molecular formula is C46H52O15. The lowest BCUT2D eigenvalue weighted by Gasteiger charge is -2.22. The maximum absolute atomic E-state index is 11.9. The van der Waals surface area contributed by atoms with E-state index in [4.69, 9.17) is 42.6 Å². The van der Waals surface area contributed by atoms with Crippen molar-refractivity contribution in [2.45, 2.75) is 65.8 Å². The fourth-order valence-electron chi connectivity index (χ4n) is 5.34. The summed E-state index contributed by atoms with van der Waals surface area (Å²) in [6.45, 7) is 18.0. The van der Waals surface area contributed by atoms with Crippen LogP contribution in [0.25, 0.3) is 0 Å². The van der Waals surface area contributed by atoms with Crippen molar-refractivity contribution in [2.75, 3.05) is 39.6 Å². The van der Waals surface area contributed by atoms with Gasteiger partial charge in [-0.05, 0) is 73.9 Å². The van der Waals surface area contributed by atoms with Gasteiger partial charge in [0, 0.05) is 43.4 Å². The van der Waals surface area contributed by atoms with E-state index in [9.17, 15) is 28.8 Å². The van der Waals surface area contributed by atoms with Crippen molar-refractivity contribution in [1.82, 2.24) is 0 Å². The maximum atomic E-state index is 11.9. The summed E-state index contributed by atoms with van der Waals surface area (Å²) in [6.07, 6.45) is -2.58. The Hall–Kier alpha value is -6.90. The van der Waals surface area contributed by atoms with Crippen LogP contribution in [0.3, 0.4) is 0 Å². The summed E-state index contributed by atoms with van der Waals surface area (Å²) >= 11 is 0. The molecule has 0 amide bonds. The highest BCUT2D eigenvalue weighted by molar-refractivity contribution is 5.87. The molecule has 61 heavy (non-hydrogen) atoms. The number of benzene rings is 3. The number of rotatable bonds is 24. The van der Waals surface area contributed by atoms with Crippen molar-refractivity contribution in [3.05, 3.63) is 126 Å². The normalized spacial score (nSPS) is 12.5. The summed E-state index contributed by atoms with van der Waals surface area (Å²) in [5.41, 5.74) is 3.21. The molecule has 326 valence electrons. The molecule has 3 unspecified atom stereocenters. The first kappa shape index (κ1) is 48.5. The Labute approximate surface area is 355 Å². The van der Waals surface area contributed by atoms with Gasteiger partial charge < -0.3 is 42.6 Å². The van der Waals surface area contributed by atoms with Crippen LogP contribution < -0.4 is 14.2 Å². The fraction of sp³-hybridized carbons (Fsp3) is 0.348. The van der Waals surface area contributed by atoms with E-state index in [2.05, 4.69) is 19.7 Å². The van der Waals surface area contributed by atoms with Crippen LogP contribution in [0.2, 0.25) is 0 Å². The number of carbonyl (C=O) groups excluding carboxylic acids is 6. The largest absolute Gasteiger partial charge is 0.490 e. The van der Waals surface area contributed by atoms with E-state index in [0.717, 1.165) is 16.7 Å². The van der Waals surface area contributed by atoms with Gasteiger partial charge in [-0.25, -0.2) is 14.4 Å². The molecule has 0 saturated carbocycles. The number of hydrogen-bond acceptors (Lipinski definition) is 15. The third-order valence-electron chi connectivity index (χ3n) is 8.19. The van der Waals surface area contributed by atoms with Crippen molar-refractivity contribution in [1.29, 1.82) is 0 Å². The van der Waals surface area contributed by atoms with Crippen molar-refractivity contribution in [2.24, 2.45) is 0 Å². The van der Waals surface area contributed by atoms with Crippen LogP contribution in [0, 0.1) is 0 Å². The van der Waals surface area contributed by atoms with Crippen LogP contribution in [-0.2, 0) is 57.2 Å². The smallest absolute Gasteiger partial charge is 0.333 e. The Kier molecular flexibility index (Phi) is 19.3. The molecular weight excluding hydrogens is 792 g/mol. The molecule has 0 aliphatic rings.